The van der Waals surface area contributed by atoms with Gasteiger partial charge >= 0.3 is 0 Å². The van der Waals surface area contributed by atoms with Gasteiger partial charge in [-0.25, -0.2) is 0 Å². The van der Waals surface area contributed by atoms with E-state index in [0.717, 1.165) is 24.4 Å². The van der Waals surface area contributed by atoms with E-state index >= 15 is 0 Å². The summed E-state index contributed by atoms with van der Waals surface area (Å²) in [6, 6.07) is 6.57. The molecule has 0 aliphatic carbocycles. The molecule has 0 spiro atoms. The van der Waals surface area contributed by atoms with Gasteiger partial charge in [0.2, 0.25) is 0 Å². The lowest BCUT2D eigenvalue weighted by Crippen LogP contribution is -2.40. The summed E-state index contributed by atoms with van der Waals surface area (Å²) in [4.78, 5) is 2.56. The Morgan fingerprint density at radius 2 is 2.05 bits per heavy atom. The summed E-state index contributed by atoms with van der Waals surface area (Å²) in [5.41, 5.74) is 2.45. The van der Waals surface area contributed by atoms with Gasteiger partial charge in [-0.2, -0.15) is 0 Å². The first kappa shape index (κ1) is 12.8. The molecule has 2 aliphatic heterocycles. The van der Waals surface area contributed by atoms with Gasteiger partial charge in [0.05, 0.1) is 12.2 Å². The topological polar surface area (TPSA) is 24.5 Å². The zero-order chi connectivity index (χ0) is 13.3. The number of ether oxygens (including phenoxy) is 1. The summed E-state index contributed by atoms with van der Waals surface area (Å²) in [5.74, 6) is 0.987. The van der Waals surface area contributed by atoms with Crippen molar-refractivity contribution in [3.8, 4) is 5.75 Å². The third-order valence-electron chi connectivity index (χ3n) is 4.05. The van der Waals surface area contributed by atoms with Crippen LogP contribution in [0.1, 0.15) is 32.3 Å². The SMILES string of the molecule is CC1(C)CNc2cc(CCN3CCCC3)ccc2O1. The monoisotopic (exact) mass is 260 g/mol. The second-order valence-corrected chi connectivity index (χ2v) is 6.34. The van der Waals surface area contributed by atoms with Crippen molar-refractivity contribution in [1.82, 2.24) is 4.90 Å². The van der Waals surface area contributed by atoms with Crippen LogP contribution in [0.5, 0.6) is 5.75 Å². The molecule has 0 bridgehead atoms. The molecule has 19 heavy (non-hydrogen) atoms. The van der Waals surface area contributed by atoms with Crippen molar-refractivity contribution in [2.75, 3.05) is 31.5 Å². The summed E-state index contributed by atoms with van der Waals surface area (Å²) in [6.07, 6.45) is 3.88. The molecule has 0 saturated carbocycles. The summed E-state index contributed by atoms with van der Waals surface area (Å²) in [5, 5.41) is 3.48. The number of nitrogens with one attached hydrogen (secondary N) is 1. The number of anilines is 1. The molecule has 104 valence electrons. The largest absolute Gasteiger partial charge is 0.484 e. The van der Waals surface area contributed by atoms with E-state index in [9.17, 15) is 0 Å². The number of hydrogen-bond donors (Lipinski definition) is 1. The van der Waals surface area contributed by atoms with Crippen molar-refractivity contribution >= 4 is 5.69 Å². The van der Waals surface area contributed by atoms with Gasteiger partial charge in [0, 0.05) is 6.54 Å². The molecule has 0 amide bonds. The maximum Gasteiger partial charge on any atom is 0.143 e. The quantitative estimate of drug-likeness (QED) is 0.904. The lowest BCUT2D eigenvalue weighted by atomic mass is 10.0. The molecule has 2 aliphatic rings. The maximum absolute atomic E-state index is 5.98. The van der Waals surface area contributed by atoms with Crippen LogP contribution in [-0.2, 0) is 6.42 Å². The minimum absolute atomic E-state index is 0.107. The van der Waals surface area contributed by atoms with E-state index in [4.69, 9.17) is 4.74 Å². The van der Waals surface area contributed by atoms with Gasteiger partial charge in [-0.1, -0.05) is 6.07 Å². The fraction of sp³-hybridized carbons (Fsp3) is 0.625. The zero-order valence-electron chi connectivity index (χ0n) is 12.0. The second-order valence-electron chi connectivity index (χ2n) is 6.34. The zero-order valence-corrected chi connectivity index (χ0v) is 12.0. The molecule has 1 saturated heterocycles. The highest BCUT2D eigenvalue weighted by Crippen LogP contribution is 2.33. The Balaban J connectivity index is 1.64. The first-order chi connectivity index (χ1) is 9.12. The minimum atomic E-state index is -0.107. The van der Waals surface area contributed by atoms with Crippen LogP contribution in [0.15, 0.2) is 18.2 Å². The van der Waals surface area contributed by atoms with Crippen molar-refractivity contribution in [3.63, 3.8) is 0 Å². The van der Waals surface area contributed by atoms with Crippen LogP contribution in [0.3, 0.4) is 0 Å². The Hall–Kier alpha value is -1.22. The highest BCUT2D eigenvalue weighted by molar-refractivity contribution is 5.60. The molecule has 1 aromatic rings. The average Bonchev–Trinajstić information content (AvgIpc) is 2.88. The fourth-order valence-electron chi connectivity index (χ4n) is 2.90. The summed E-state index contributed by atoms with van der Waals surface area (Å²) in [7, 11) is 0. The summed E-state index contributed by atoms with van der Waals surface area (Å²) >= 11 is 0. The van der Waals surface area contributed by atoms with Crippen molar-refractivity contribution in [2.24, 2.45) is 0 Å². The van der Waals surface area contributed by atoms with E-state index in [1.807, 2.05) is 0 Å². The van der Waals surface area contributed by atoms with Crippen molar-refractivity contribution in [3.05, 3.63) is 23.8 Å². The number of likely N-dealkylation sites (tertiary alicyclic amines) is 1. The predicted octanol–water partition coefficient (Wildman–Crippen LogP) is 2.91. The summed E-state index contributed by atoms with van der Waals surface area (Å²) in [6.45, 7) is 8.84. The molecular formula is C16H24N2O. The Morgan fingerprint density at radius 3 is 2.84 bits per heavy atom. The van der Waals surface area contributed by atoms with Gasteiger partial charge in [-0.3, -0.25) is 0 Å². The Morgan fingerprint density at radius 1 is 1.26 bits per heavy atom. The molecule has 0 atom stereocenters. The van der Waals surface area contributed by atoms with Crippen LogP contribution in [-0.4, -0.2) is 36.7 Å². The molecular weight excluding hydrogens is 236 g/mol. The molecule has 2 heterocycles. The van der Waals surface area contributed by atoms with Crippen molar-refractivity contribution < 1.29 is 4.74 Å². The van der Waals surface area contributed by atoms with E-state index in [1.54, 1.807) is 0 Å². The number of fused-ring (bicyclic) bond motifs is 1. The number of hydrogen-bond acceptors (Lipinski definition) is 3. The number of nitrogens with zero attached hydrogens (tertiary/aromatic N) is 1. The Labute approximate surface area is 115 Å². The third kappa shape index (κ3) is 3.03. The second kappa shape index (κ2) is 5.04. The molecule has 0 radical (unpaired) electrons. The van der Waals surface area contributed by atoms with Gasteiger partial charge < -0.3 is 15.0 Å². The van der Waals surface area contributed by atoms with Crippen molar-refractivity contribution in [1.29, 1.82) is 0 Å². The Bertz CT molecular complexity index is 450. The smallest absolute Gasteiger partial charge is 0.143 e. The third-order valence-corrected chi connectivity index (χ3v) is 4.05. The van der Waals surface area contributed by atoms with Gasteiger partial charge in [0.15, 0.2) is 0 Å². The van der Waals surface area contributed by atoms with Gasteiger partial charge in [0.1, 0.15) is 11.4 Å². The number of benzene rings is 1. The highest BCUT2D eigenvalue weighted by atomic mass is 16.5. The van der Waals surface area contributed by atoms with Crippen LogP contribution >= 0.6 is 0 Å². The van der Waals surface area contributed by atoms with Gasteiger partial charge in [-0.15, -0.1) is 0 Å². The van der Waals surface area contributed by atoms with E-state index in [0.29, 0.717) is 0 Å². The van der Waals surface area contributed by atoms with Crippen LogP contribution in [0.2, 0.25) is 0 Å². The lowest BCUT2D eigenvalue weighted by molar-refractivity contribution is 0.116. The van der Waals surface area contributed by atoms with Crippen molar-refractivity contribution in [2.45, 2.75) is 38.7 Å². The minimum Gasteiger partial charge on any atom is -0.484 e. The standard InChI is InChI=1S/C16H24N2O/c1-16(2)12-17-14-11-13(5-6-15(14)19-16)7-10-18-8-3-4-9-18/h5-6,11,17H,3-4,7-10,12H2,1-2H3. The van der Waals surface area contributed by atoms with E-state index < -0.39 is 0 Å². The fourth-order valence-corrected chi connectivity index (χ4v) is 2.90. The average molecular weight is 260 g/mol. The van der Waals surface area contributed by atoms with Gasteiger partial charge in [0.25, 0.3) is 0 Å². The van der Waals surface area contributed by atoms with Crippen LogP contribution < -0.4 is 10.1 Å². The molecule has 3 heteroatoms. The molecule has 1 aromatic carbocycles. The lowest BCUT2D eigenvalue weighted by Gasteiger charge is -2.33. The Kier molecular flexibility index (Phi) is 3.40. The van der Waals surface area contributed by atoms with Gasteiger partial charge in [-0.05, 0) is 63.9 Å². The van der Waals surface area contributed by atoms with E-state index in [1.165, 1.54) is 38.0 Å². The van der Waals surface area contributed by atoms with Crippen LogP contribution in [0.4, 0.5) is 5.69 Å². The van der Waals surface area contributed by atoms with E-state index in [2.05, 4.69) is 42.3 Å². The number of rotatable bonds is 3. The highest BCUT2D eigenvalue weighted by Gasteiger charge is 2.26. The molecule has 3 nitrogen and oxygen atoms in total. The molecule has 3 rings (SSSR count). The first-order valence-corrected chi connectivity index (χ1v) is 7.41. The van der Waals surface area contributed by atoms with Crippen LogP contribution in [0.25, 0.3) is 0 Å². The van der Waals surface area contributed by atoms with E-state index in [-0.39, 0.29) is 5.60 Å². The first-order valence-electron chi connectivity index (χ1n) is 7.41. The molecule has 0 aromatic heterocycles. The maximum atomic E-state index is 5.98. The normalized spacial score (nSPS) is 21.6. The molecule has 1 N–H and O–H groups in total. The van der Waals surface area contributed by atoms with Crippen LogP contribution in [0, 0.1) is 0 Å². The molecule has 0 unspecified atom stereocenters. The molecule has 1 fully saturated rings. The summed E-state index contributed by atoms with van der Waals surface area (Å²) < 4.78 is 5.98. The predicted molar refractivity (Wildman–Crippen MR) is 79.0 cm³/mol.